The summed E-state index contributed by atoms with van der Waals surface area (Å²) in [5.41, 5.74) is 10.6. The van der Waals surface area contributed by atoms with E-state index < -0.39 is 17.9 Å². The van der Waals surface area contributed by atoms with Crippen molar-refractivity contribution in [1.82, 2.24) is 10.6 Å². The van der Waals surface area contributed by atoms with Crippen LogP contribution in [0.25, 0.3) is 0 Å². The monoisotopic (exact) mass is 471 g/mol. The Bertz CT molecular complexity index is 987. The lowest BCUT2D eigenvalue weighted by Gasteiger charge is -2.23. The molecule has 1 atom stereocenters. The van der Waals surface area contributed by atoms with E-state index in [1.165, 1.54) is 22.3 Å². The van der Waals surface area contributed by atoms with Gasteiger partial charge in [0.1, 0.15) is 6.04 Å². The van der Waals surface area contributed by atoms with Crippen LogP contribution in [0.4, 0.5) is 0 Å². The molecular weight excluding hydrogens is 438 g/mol. The summed E-state index contributed by atoms with van der Waals surface area (Å²) < 4.78 is 0. The second-order valence-electron chi connectivity index (χ2n) is 9.42. The maximum atomic E-state index is 12.8. The third-order valence-corrected chi connectivity index (χ3v) is 5.90. The van der Waals surface area contributed by atoms with Gasteiger partial charge < -0.3 is 16.4 Å². The molecule has 0 saturated carbocycles. The number of hydrogen-bond donors (Lipinski definition) is 3. The molecule has 0 fully saturated rings. The van der Waals surface area contributed by atoms with Crippen LogP contribution in [0.3, 0.4) is 0 Å². The van der Waals surface area contributed by atoms with Crippen molar-refractivity contribution in [2.75, 3.05) is 6.54 Å². The number of aryl methyl sites for hydroxylation is 2. The molecule has 7 heteroatoms. The first kappa shape index (κ1) is 26.4. The van der Waals surface area contributed by atoms with Gasteiger partial charge in [-0.2, -0.15) is 0 Å². The molecular formula is C26H34ClN3O3. The van der Waals surface area contributed by atoms with Gasteiger partial charge in [-0.05, 0) is 78.6 Å². The summed E-state index contributed by atoms with van der Waals surface area (Å²) in [5.74, 6) is -1.29. The van der Waals surface area contributed by atoms with E-state index >= 15 is 0 Å². The fraction of sp³-hybridized carbons (Fsp3) is 0.423. The van der Waals surface area contributed by atoms with Crippen molar-refractivity contribution in [2.24, 2.45) is 5.73 Å². The van der Waals surface area contributed by atoms with E-state index in [1.54, 1.807) is 24.3 Å². The van der Waals surface area contributed by atoms with Gasteiger partial charge in [-0.1, -0.05) is 44.5 Å². The normalized spacial score (nSPS) is 12.2. The Morgan fingerprint density at radius 3 is 2.12 bits per heavy atom. The molecule has 2 aromatic carbocycles. The molecule has 4 N–H and O–H groups in total. The van der Waals surface area contributed by atoms with Crippen LogP contribution in [0.1, 0.15) is 66.2 Å². The first-order valence-corrected chi connectivity index (χ1v) is 11.5. The first-order valence-electron chi connectivity index (χ1n) is 11.1. The fourth-order valence-electron chi connectivity index (χ4n) is 3.65. The summed E-state index contributed by atoms with van der Waals surface area (Å²) in [6, 6.07) is 9.89. The standard InChI is InChI=1S/C26H34ClN3O3/c1-16-14-19(26(3,4)5)15-17(2)21(16)12-13-29-25(33)22(10-11-23(28)31)30-24(32)18-6-8-20(27)9-7-18/h6-9,14-15,22H,10-13H2,1-5H3,(H2,28,31)(H,29,33)(H,30,32)/t22-/m0/s1. The van der Waals surface area contributed by atoms with E-state index in [0.29, 0.717) is 23.6 Å². The lowest BCUT2D eigenvalue weighted by molar-refractivity contribution is -0.123. The van der Waals surface area contributed by atoms with Crippen LogP contribution in [0.5, 0.6) is 0 Å². The highest BCUT2D eigenvalue weighted by Gasteiger charge is 2.22. The van der Waals surface area contributed by atoms with Crippen LogP contribution in [-0.4, -0.2) is 30.3 Å². The van der Waals surface area contributed by atoms with E-state index in [0.717, 1.165) is 0 Å². The molecule has 0 aliphatic carbocycles. The zero-order valence-electron chi connectivity index (χ0n) is 20.0. The zero-order chi connectivity index (χ0) is 24.8. The first-order chi connectivity index (χ1) is 15.4. The van der Waals surface area contributed by atoms with E-state index in [9.17, 15) is 14.4 Å². The van der Waals surface area contributed by atoms with E-state index in [4.69, 9.17) is 17.3 Å². The molecule has 0 aromatic heterocycles. The minimum absolute atomic E-state index is 0.00847. The molecule has 2 rings (SSSR count). The third-order valence-electron chi connectivity index (χ3n) is 5.64. The van der Waals surface area contributed by atoms with Gasteiger partial charge >= 0.3 is 0 Å². The second kappa shape index (κ2) is 11.3. The average Bonchev–Trinajstić information content (AvgIpc) is 2.72. The number of nitrogens with two attached hydrogens (primary N) is 1. The Hall–Kier alpha value is -2.86. The predicted molar refractivity (Wildman–Crippen MR) is 132 cm³/mol. The maximum Gasteiger partial charge on any atom is 0.251 e. The highest BCUT2D eigenvalue weighted by Crippen LogP contribution is 2.27. The van der Waals surface area contributed by atoms with Crippen molar-refractivity contribution < 1.29 is 14.4 Å². The van der Waals surface area contributed by atoms with Gasteiger partial charge in [0.2, 0.25) is 11.8 Å². The number of hydrogen-bond acceptors (Lipinski definition) is 3. The quantitative estimate of drug-likeness (QED) is 0.515. The smallest absolute Gasteiger partial charge is 0.251 e. The third kappa shape index (κ3) is 7.90. The lowest BCUT2D eigenvalue weighted by Crippen LogP contribution is -2.47. The number of amides is 3. The van der Waals surface area contributed by atoms with Crippen LogP contribution in [0.15, 0.2) is 36.4 Å². The number of nitrogens with one attached hydrogen (secondary N) is 2. The number of benzene rings is 2. The van der Waals surface area contributed by atoms with Gasteiger partial charge in [-0.15, -0.1) is 0 Å². The molecule has 3 amide bonds. The minimum atomic E-state index is -0.869. The predicted octanol–water partition coefficient (Wildman–Crippen LogP) is 3.98. The molecule has 0 aliphatic heterocycles. The van der Waals surface area contributed by atoms with Gasteiger partial charge in [-0.3, -0.25) is 14.4 Å². The van der Waals surface area contributed by atoms with Gasteiger partial charge in [-0.25, -0.2) is 0 Å². The fourth-order valence-corrected chi connectivity index (χ4v) is 3.78. The summed E-state index contributed by atoms with van der Waals surface area (Å²) in [6.45, 7) is 11.1. The summed E-state index contributed by atoms with van der Waals surface area (Å²) in [4.78, 5) is 36.6. The van der Waals surface area contributed by atoms with Crippen LogP contribution >= 0.6 is 11.6 Å². The van der Waals surface area contributed by atoms with E-state index in [1.807, 2.05) is 0 Å². The number of carbonyl (C=O) groups excluding carboxylic acids is 3. The Balaban J connectivity index is 2.04. The average molecular weight is 472 g/mol. The molecule has 0 heterocycles. The Morgan fingerprint density at radius 2 is 1.61 bits per heavy atom. The van der Waals surface area contributed by atoms with Crippen LogP contribution < -0.4 is 16.4 Å². The van der Waals surface area contributed by atoms with E-state index in [2.05, 4.69) is 57.4 Å². The largest absolute Gasteiger partial charge is 0.370 e. The summed E-state index contributed by atoms with van der Waals surface area (Å²) >= 11 is 5.87. The molecule has 2 aromatic rings. The van der Waals surface area contributed by atoms with Gasteiger partial charge in [0.05, 0.1) is 0 Å². The van der Waals surface area contributed by atoms with Gasteiger partial charge in [0.25, 0.3) is 5.91 Å². The van der Waals surface area contributed by atoms with Crippen molar-refractivity contribution in [2.45, 2.75) is 65.3 Å². The minimum Gasteiger partial charge on any atom is -0.370 e. The van der Waals surface area contributed by atoms with Crippen molar-refractivity contribution in [3.05, 3.63) is 69.2 Å². The summed E-state index contributed by atoms with van der Waals surface area (Å²) in [5, 5.41) is 6.10. The van der Waals surface area contributed by atoms with Crippen molar-refractivity contribution in [3.63, 3.8) is 0 Å². The topological polar surface area (TPSA) is 101 Å². The lowest BCUT2D eigenvalue weighted by atomic mass is 9.83. The number of rotatable bonds is 9. The van der Waals surface area contributed by atoms with Crippen LogP contribution in [0.2, 0.25) is 5.02 Å². The van der Waals surface area contributed by atoms with Crippen molar-refractivity contribution in [1.29, 1.82) is 0 Å². The highest BCUT2D eigenvalue weighted by atomic mass is 35.5. The van der Waals surface area contributed by atoms with Crippen molar-refractivity contribution >= 4 is 29.3 Å². The Morgan fingerprint density at radius 1 is 1.03 bits per heavy atom. The van der Waals surface area contributed by atoms with Crippen LogP contribution in [0, 0.1) is 13.8 Å². The maximum absolute atomic E-state index is 12.8. The van der Waals surface area contributed by atoms with Crippen LogP contribution in [-0.2, 0) is 21.4 Å². The van der Waals surface area contributed by atoms with E-state index in [-0.39, 0.29) is 24.2 Å². The Labute approximate surface area is 201 Å². The molecule has 0 saturated heterocycles. The number of primary amides is 1. The molecule has 0 bridgehead atoms. The molecule has 178 valence electrons. The Kier molecular flexibility index (Phi) is 9.06. The summed E-state index contributed by atoms with van der Waals surface area (Å²) in [6.07, 6.45) is 0.784. The molecule has 0 unspecified atom stereocenters. The molecule has 0 aliphatic rings. The molecule has 0 radical (unpaired) electrons. The number of carbonyl (C=O) groups is 3. The molecule has 33 heavy (non-hydrogen) atoms. The number of halogens is 1. The highest BCUT2D eigenvalue weighted by molar-refractivity contribution is 6.30. The van der Waals surface area contributed by atoms with Crippen molar-refractivity contribution in [3.8, 4) is 0 Å². The molecule has 6 nitrogen and oxygen atoms in total. The van der Waals surface area contributed by atoms with Gasteiger partial charge in [0.15, 0.2) is 0 Å². The summed E-state index contributed by atoms with van der Waals surface area (Å²) in [7, 11) is 0. The zero-order valence-corrected chi connectivity index (χ0v) is 20.8. The second-order valence-corrected chi connectivity index (χ2v) is 9.85. The molecule has 0 spiro atoms. The SMILES string of the molecule is Cc1cc(C(C)(C)C)cc(C)c1CCNC(=O)[C@H](CCC(N)=O)NC(=O)c1ccc(Cl)cc1. The van der Waals surface area contributed by atoms with Gasteiger partial charge in [0, 0.05) is 23.6 Å².